The first-order chi connectivity index (χ1) is 7.50. The zero-order valence-corrected chi connectivity index (χ0v) is 9.01. The van der Waals surface area contributed by atoms with Crippen LogP contribution in [0.25, 0.3) is 0 Å². The van der Waals surface area contributed by atoms with Crippen molar-refractivity contribution in [2.45, 2.75) is 31.9 Å². The molecule has 5 heteroatoms. The van der Waals surface area contributed by atoms with Crippen LogP contribution in [0.15, 0.2) is 23.8 Å². The van der Waals surface area contributed by atoms with Gasteiger partial charge in [0.25, 0.3) is 0 Å². The third-order valence-corrected chi connectivity index (χ3v) is 2.28. The standard InChI is InChI=1S/C11H15NO4/c1-7(13)10(14)12-9(11(15)16)6-8-4-2-3-5-8/h2,4-5,7,9,13H,3,6H2,1H3,(H,12,14)(H,15,16)/t7-,9-/m0/s1. The van der Waals surface area contributed by atoms with Crippen molar-refractivity contribution in [2.75, 3.05) is 0 Å². The van der Waals surface area contributed by atoms with Gasteiger partial charge in [0.2, 0.25) is 5.91 Å². The van der Waals surface area contributed by atoms with Gasteiger partial charge in [-0.3, -0.25) is 4.79 Å². The van der Waals surface area contributed by atoms with Crippen LogP contribution in [0.1, 0.15) is 19.8 Å². The summed E-state index contributed by atoms with van der Waals surface area (Å²) < 4.78 is 0. The molecule has 0 saturated heterocycles. The monoisotopic (exact) mass is 225 g/mol. The van der Waals surface area contributed by atoms with E-state index in [1.807, 2.05) is 18.2 Å². The maximum absolute atomic E-state index is 11.2. The van der Waals surface area contributed by atoms with E-state index < -0.39 is 24.0 Å². The molecule has 2 atom stereocenters. The van der Waals surface area contributed by atoms with Gasteiger partial charge >= 0.3 is 5.97 Å². The molecule has 1 aliphatic carbocycles. The molecule has 0 spiro atoms. The summed E-state index contributed by atoms with van der Waals surface area (Å²) in [5.41, 5.74) is 0.887. The Bertz CT molecular complexity index is 344. The quantitative estimate of drug-likeness (QED) is 0.624. The van der Waals surface area contributed by atoms with E-state index in [1.165, 1.54) is 6.92 Å². The number of aliphatic hydroxyl groups is 1. The van der Waals surface area contributed by atoms with E-state index in [0.717, 1.165) is 12.0 Å². The van der Waals surface area contributed by atoms with E-state index in [9.17, 15) is 9.59 Å². The second-order valence-electron chi connectivity index (χ2n) is 3.70. The van der Waals surface area contributed by atoms with Gasteiger partial charge in [0.1, 0.15) is 12.1 Å². The molecule has 3 N–H and O–H groups in total. The molecule has 0 heterocycles. The summed E-state index contributed by atoms with van der Waals surface area (Å²) in [4.78, 5) is 22.1. The zero-order valence-electron chi connectivity index (χ0n) is 9.01. The average Bonchev–Trinajstić information content (AvgIpc) is 2.68. The molecule has 0 aliphatic heterocycles. The average molecular weight is 225 g/mol. The number of allylic oxidation sites excluding steroid dienone is 3. The van der Waals surface area contributed by atoms with Gasteiger partial charge in [0.05, 0.1) is 0 Å². The first kappa shape index (κ1) is 12.4. The number of carbonyl (C=O) groups is 2. The molecular formula is C11H15NO4. The van der Waals surface area contributed by atoms with E-state index in [2.05, 4.69) is 5.32 Å². The topological polar surface area (TPSA) is 86.6 Å². The second kappa shape index (κ2) is 5.46. The fourth-order valence-corrected chi connectivity index (χ4v) is 1.39. The van der Waals surface area contributed by atoms with E-state index in [-0.39, 0.29) is 6.42 Å². The normalized spacial score (nSPS) is 17.8. The highest BCUT2D eigenvalue weighted by atomic mass is 16.4. The summed E-state index contributed by atoms with van der Waals surface area (Å²) >= 11 is 0. The van der Waals surface area contributed by atoms with E-state index in [1.54, 1.807) is 0 Å². The van der Waals surface area contributed by atoms with Crippen LogP contribution < -0.4 is 5.32 Å². The SMILES string of the molecule is C[C@H](O)C(=O)N[C@@H](CC1=CCC=C1)C(=O)O. The first-order valence-electron chi connectivity index (χ1n) is 5.07. The van der Waals surface area contributed by atoms with Crippen molar-refractivity contribution >= 4 is 11.9 Å². The smallest absolute Gasteiger partial charge is 0.326 e. The Morgan fingerprint density at radius 1 is 1.56 bits per heavy atom. The first-order valence-corrected chi connectivity index (χ1v) is 5.07. The lowest BCUT2D eigenvalue weighted by molar-refractivity contribution is -0.143. The fourth-order valence-electron chi connectivity index (χ4n) is 1.39. The molecule has 0 unspecified atom stereocenters. The highest BCUT2D eigenvalue weighted by Crippen LogP contribution is 2.15. The van der Waals surface area contributed by atoms with Gasteiger partial charge in [-0.05, 0) is 18.9 Å². The Labute approximate surface area is 93.5 Å². The van der Waals surface area contributed by atoms with Crippen LogP contribution in [-0.2, 0) is 9.59 Å². The molecule has 0 bridgehead atoms. The van der Waals surface area contributed by atoms with Crippen LogP contribution >= 0.6 is 0 Å². The van der Waals surface area contributed by atoms with Crippen molar-refractivity contribution in [2.24, 2.45) is 0 Å². The van der Waals surface area contributed by atoms with E-state index >= 15 is 0 Å². The molecule has 0 fully saturated rings. The number of hydrogen-bond acceptors (Lipinski definition) is 3. The summed E-state index contributed by atoms with van der Waals surface area (Å²) in [6.45, 7) is 1.29. The molecule has 16 heavy (non-hydrogen) atoms. The number of carbonyl (C=O) groups excluding carboxylic acids is 1. The number of aliphatic carboxylic acids is 1. The van der Waals surface area contributed by atoms with Crippen molar-refractivity contribution < 1.29 is 19.8 Å². The molecule has 1 rings (SSSR count). The Kier molecular flexibility index (Phi) is 4.25. The van der Waals surface area contributed by atoms with Gasteiger partial charge in [0, 0.05) is 6.42 Å². The fraction of sp³-hybridized carbons (Fsp3) is 0.455. The molecule has 0 saturated carbocycles. The summed E-state index contributed by atoms with van der Waals surface area (Å²) in [6, 6.07) is -0.990. The van der Waals surface area contributed by atoms with Crippen molar-refractivity contribution in [3.8, 4) is 0 Å². The third-order valence-electron chi connectivity index (χ3n) is 2.28. The molecular weight excluding hydrogens is 210 g/mol. The molecule has 0 aromatic rings. The highest BCUT2D eigenvalue weighted by Gasteiger charge is 2.22. The van der Waals surface area contributed by atoms with Crippen LogP contribution in [0.2, 0.25) is 0 Å². The Balaban J connectivity index is 2.57. The summed E-state index contributed by atoms with van der Waals surface area (Å²) in [7, 11) is 0. The molecule has 5 nitrogen and oxygen atoms in total. The minimum absolute atomic E-state index is 0.240. The van der Waals surface area contributed by atoms with Crippen LogP contribution in [0.5, 0.6) is 0 Å². The van der Waals surface area contributed by atoms with Crippen LogP contribution in [0.4, 0.5) is 0 Å². The predicted molar refractivity (Wildman–Crippen MR) is 57.7 cm³/mol. The maximum Gasteiger partial charge on any atom is 0.326 e. The predicted octanol–water partition coefficient (Wildman–Crippen LogP) is 0.213. The summed E-state index contributed by atoms with van der Waals surface area (Å²) in [6.07, 6.45) is 5.51. The molecule has 0 radical (unpaired) electrons. The summed E-state index contributed by atoms with van der Waals surface area (Å²) in [5.74, 6) is -1.77. The maximum atomic E-state index is 11.2. The van der Waals surface area contributed by atoms with Crippen LogP contribution in [0, 0.1) is 0 Å². The highest BCUT2D eigenvalue weighted by molar-refractivity contribution is 5.86. The lowest BCUT2D eigenvalue weighted by Crippen LogP contribution is -2.44. The van der Waals surface area contributed by atoms with Crippen molar-refractivity contribution in [3.63, 3.8) is 0 Å². The number of aliphatic hydroxyl groups excluding tert-OH is 1. The Hall–Kier alpha value is -1.62. The minimum Gasteiger partial charge on any atom is -0.480 e. The molecule has 1 aliphatic rings. The van der Waals surface area contributed by atoms with Gasteiger partial charge in [0.15, 0.2) is 0 Å². The molecule has 1 amide bonds. The van der Waals surface area contributed by atoms with E-state index in [0.29, 0.717) is 0 Å². The number of rotatable bonds is 5. The largest absolute Gasteiger partial charge is 0.480 e. The van der Waals surface area contributed by atoms with Crippen molar-refractivity contribution in [3.05, 3.63) is 23.8 Å². The lowest BCUT2D eigenvalue weighted by atomic mass is 10.1. The summed E-state index contributed by atoms with van der Waals surface area (Å²) in [5, 5.41) is 20.2. The number of amides is 1. The molecule has 0 aromatic heterocycles. The number of hydrogen-bond donors (Lipinski definition) is 3. The van der Waals surface area contributed by atoms with E-state index in [4.69, 9.17) is 10.2 Å². The third kappa shape index (κ3) is 3.51. The van der Waals surface area contributed by atoms with Gasteiger partial charge in [-0.15, -0.1) is 0 Å². The van der Waals surface area contributed by atoms with Gasteiger partial charge < -0.3 is 15.5 Å². The van der Waals surface area contributed by atoms with Crippen molar-refractivity contribution in [1.29, 1.82) is 0 Å². The minimum atomic E-state index is -1.20. The lowest BCUT2D eigenvalue weighted by Gasteiger charge is -2.15. The molecule has 0 aromatic carbocycles. The van der Waals surface area contributed by atoms with Gasteiger partial charge in [-0.1, -0.05) is 18.2 Å². The zero-order chi connectivity index (χ0) is 12.1. The van der Waals surface area contributed by atoms with Crippen LogP contribution in [-0.4, -0.2) is 34.2 Å². The van der Waals surface area contributed by atoms with Crippen LogP contribution in [0.3, 0.4) is 0 Å². The molecule has 88 valence electrons. The Morgan fingerprint density at radius 3 is 2.69 bits per heavy atom. The number of nitrogens with one attached hydrogen (secondary N) is 1. The number of carboxylic acids is 1. The van der Waals surface area contributed by atoms with Gasteiger partial charge in [-0.2, -0.15) is 0 Å². The Morgan fingerprint density at radius 2 is 2.25 bits per heavy atom. The van der Waals surface area contributed by atoms with Gasteiger partial charge in [-0.25, -0.2) is 4.79 Å². The van der Waals surface area contributed by atoms with Crippen molar-refractivity contribution in [1.82, 2.24) is 5.32 Å². The second-order valence-corrected chi connectivity index (χ2v) is 3.70. The number of carboxylic acid groups (broad SMARTS) is 1.